The molecule has 0 spiro atoms. The third kappa shape index (κ3) is 5.40. The van der Waals surface area contributed by atoms with Gasteiger partial charge in [0.05, 0.1) is 26.3 Å². The van der Waals surface area contributed by atoms with Crippen LogP contribution in [0, 0.1) is 0 Å². The predicted molar refractivity (Wildman–Crippen MR) is 121 cm³/mol. The second kappa shape index (κ2) is 10.7. The van der Waals surface area contributed by atoms with E-state index in [0.717, 1.165) is 52.1 Å². The van der Waals surface area contributed by atoms with Crippen molar-refractivity contribution in [3.8, 4) is 0 Å². The van der Waals surface area contributed by atoms with Gasteiger partial charge < -0.3 is 10.1 Å². The minimum Gasteiger partial charge on any atom is -0.379 e. The SMILES string of the molecule is C=CCn1c(=O)n(CC=C)c(=O)n(CC(=O)Nc2ccc(CN3CCOCC3)cc2)c1=O. The van der Waals surface area contributed by atoms with E-state index in [1.165, 1.54) is 12.2 Å². The first-order valence-corrected chi connectivity index (χ1v) is 10.3. The number of carbonyl (C=O) groups is 1. The molecule has 0 atom stereocenters. The number of morpholine rings is 1. The van der Waals surface area contributed by atoms with Gasteiger partial charge in [-0.2, -0.15) is 0 Å². The fourth-order valence-electron chi connectivity index (χ4n) is 3.44. The van der Waals surface area contributed by atoms with E-state index >= 15 is 0 Å². The van der Waals surface area contributed by atoms with Crippen molar-refractivity contribution in [2.75, 3.05) is 31.6 Å². The zero-order valence-corrected chi connectivity index (χ0v) is 17.9. The molecule has 170 valence electrons. The summed E-state index contributed by atoms with van der Waals surface area (Å²) in [4.78, 5) is 52.5. The summed E-state index contributed by atoms with van der Waals surface area (Å²) in [6.45, 7) is 10.4. The van der Waals surface area contributed by atoms with Crippen molar-refractivity contribution >= 4 is 11.6 Å². The van der Waals surface area contributed by atoms with Crippen LogP contribution in [0.1, 0.15) is 5.56 Å². The molecule has 3 rings (SSSR count). The van der Waals surface area contributed by atoms with E-state index in [1.54, 1.807) is 12.1 Å². The van der Waals surface area contributed by atoms with Gasteiger partial charge in [0.1, 0.15) is 6.54 Å². The maximum atomic E-state index is 12.6. The Labute approximate surface area is 184 Å². The molecule has 1 fully saturated rings. The van der Waals surface area contributed by atoms with E-state index in [2.05, 4.69) is 23.4 Å². The van der Waals surface area contributed by atoms with Gasteiger partial charge in [0.2, 0.25) is 5.91 Å². The highest BCUT2D eigenvalue weighted by molar-refractivity contribution is 5.90. The quantitative estimate of drug-likeness (QED) is 0.550. The molecule has 1 saturated heterocycles. The molecule has 1 aliphatic heterocycles. The summed E-state index contributed by atoms with van der Waals surface area (Å²) in [6.07, 6.45) is 2.74. The first kappa shape index (κ1) is 23.2. The number of carbonyl (C=O) groups excluding carboxylic acids is 1. The van der Waals surface area contributed by atoms with E-state index in [-0.39, 0.29) is 13.1 Å². The van der Waals surface area contributed by atoms with Crippen LogP contribution in [0.25, 0.3) is 0 Å². The van der Waals surface area contributed by atoms with Crippen LogP contribution in [0.3, 0.4) is 0 Å². The summed E-state index contributed by atoms with van der Waals surface area (Å²) in [7, 11) is 0. The number of nitrogens with one attached hydrogen (secondary N) is 1. The van der Waals surface area contributed by atoms with Gasteiger partial charge in [-0.1, -0.05) is 24.3 Å². The van der Waals surface area contributed by atoms with Crippen LogP contribution in [0.2, 0.25) is 0 Å². The van der Waals surface area contributed by atoms with Gasteiger partial charge in [-0.15, -0.1) is 13.2 Å². The van der Waals surface area contributed by atoms with Crippen molar-refractivity contribution in [2.45, 2.75) is 26.2 Å². The molecule has 0 aliphatic carbocycles. The minimum atomic E-state index is -0.865. The van der Waals surface area contributed by atoms with Gasteiger partial charge in [-0.05, 0) is 17.7 Å². The van der Waals surface area contributed by atoms with Gasteiger partial charge in [-0.25, -0.2) is 28.1 Å². The maximum Gasteiger partial charge on any atom is 0.337 e. The molecule has 0 bridgehead atoms. The van der Waals surface area contributed by atoms with Crippen molar-refractivity contribution in [3.05, 3.63) is 86.6 Å². The highest BCUT2D eigenvalue weighted by Gasteiger charge is 2.17. The summed E-state index contributed by atoms with van der Waals surface area (Å²) in [5, 5.41) is 2.69. The van der Waals surface area contributed by atoms with E-state index < -0.39 is 29.5 Å². The highest BCUT2D eigenvalue weighted by atomic mass is 16.5. The van der Waals surface area contributed by atoms with Crippen LogP contribution in [-0.2, 0) is 35.7 Å². The molecular formula is C22H27N5O5. The molecule has 2 heterocycles. The molecule has 1 amide bonds. The molecule has 0 radical (unpaired) electrons. The van der Waals surface area contributed by atoms with Gasteiger partial charge in [0, 0.05) is 25.3 Å². The summed E-state index contributed by atoms with van der Waals surface area (Å²) >= 11 is 0. The number of nitrogens with zero attached hydrogens (tertiary/aromatic N) is 4. The van der Waals surface area contributed by atoms with Crippen LogP contribution in [0.5, 0.6) is 0 Å². The number of hydrogen-bond donors (Lipinski definition) is 1. The molecule has 0 unspecified atom stereocenters. The number of ether oxygens (including phenoxy) is 1. The zero-order chi connectivity index (χ0) is 23.1. The van der Waals surface area contributed by atoms with Gasteiger partial charge in [-0.3, -0.25) is 9.69 Å². The van der Waals surface area contributed by atoms with Gasteiger partial charge in [0.25, 0.3) is 0 Å². The standard InChI is InChI=1S/C22H27N5O5/c1-3-9-25-20(29)26(10-4-2)22(31)27(21(25)30)16-19(28)23-18-7-5-17(6-8-18)15-24-11-13-32-14-12-24/h3-8H,1-2,9-16H2,(H,23,28). The normalized spacial score (nSPS) is 14.1. The second-order valence-corrected chi connectivity index (χ2v) is 7.37. The molecule has 32 heavy (non-hydrogen) atoms. The molecular weight excluding hydrogens is 414 g/mol. The van der Waals surface area contributed by atoms with Crippen LogP contribution in [-0.4, -0.2) is 50.8 Å². The lowest BCUT2D eigenvalue weighted by molar-refractivity contribution is -0.116. The third-order valence-corrected chi connectivity index (χ3v) is 5.06. The predicted octanol–water partition coefficient (Wildman–Crippen LogP) is 0.0146. The van der Waals surface area contributed by atoms with Crippen molar-refractivity contribution in [3.63, 3.8) is 0 Å². The number of hydrogen-bond acceptors (Lipinski definition) is 6. The number of allylic oxidation sites excluding steroid dienone is 2. The van der Waals surface area contributed by atoms with Crippen LogP contribution in [0.4, 0.5) is 5.69 Å². The summed E-state index contributed by atoms with van der Waals surface area (Å²) in [5.41, 5.74) is -0.857. The molecule has 1 aliphatic rings. The van der Waals surface area contributed by atoms with Gasteiger partial charge in [0.15, 0.2) is 0 Å². The van der Waals surface area contributed by atoms with Crippen LogP contribution < -0.4 is 22.4 Å². The van der Waals surface area contributed by atoms with Gasteiger partial charge >= 0.3 is 17.1 Å². The summed E-state index contributed by atoms with van der Waals surface area (Å²) in [6, 6.07) is 7.37. The Morgan fingerprint density at radius 3 is 1.97 bits per heavy atom. The molecule has 1 aromatic carbocycles. The molecule has 2 aromatic rings. The molecule has 10 heteroatoms. The second-order valence-electron chi connectivity index (χ2n) is 7.37. The van der Waals surface area contributed by atoms with Crippen LogP contribution >= 0.6 is 0 Å². The number of benzene rings is 1. The minimum absolute atomic E-state index is 0.0820. The third-order valence-electron chi connectivity index (χ3n) is 5.06. The Balaban J connectivity index is 1.74. The smallest absolute Gasteiger partial charge is 0.337 e. The fourth-order valence-corrected chi connectivity index (χ4v) is 3.44. The van der Waals surface area contributed by atoms with Crippen molar-refractivity contribution in [1.29, 1.82) is 0 Å². The number of anilines is 1. The van der Waals surface area contributed by atoms with E-state index in [1.807, 2.05) is 12.1 Å². The lowest BCUT2D eigenvalue weighted by atomic mass is 10.2. The lowest BCUT2D eigenvalue weighted by Crippen LogP contribution is -2.55. The molecule has 10 nitrogen and oxygen atoms in total. The average Bonchev–Trinajstić information content (AvgIpc) is 2.79. The van der Waals surface area contributed by atoms with Crippen LogP contribution in [0.15, 0.2) is 64.0 Å². The first-order chi connectivity index (χ1) is 15.4. The molecule has 0 saturated carbocycles. The number of rotatable bonds is 9. The Morgan fingerprint density at radius 1 is 0.906 bits per heavy atom. The largest absolute Gasteiger partial charge is 0.379 e. The lowest BCUT2D eigenvalue weighted by Gasteiger charge is -2.26. The Morgan fingerprint density at radius 2 is 1.44 bits per heavy atom. The van der Waals surface area contributed by atoms with E-state index in [0.29, 0.717) is 5.69 Å². The Hall–Kier alpha value is -3.50. The highest BCUT2D eigenvalue weighted by Crippen LogP contribution is 2.12. The average molecular weight is 441 g/mol. The van der Waals surface area contributed by atoms with Crippen molar-refractivity contribution in [2.24, 2.45) is 0 Å². The first-order valence-electron chi connectivity index (χ1n) is 10.3. The van der Waals surface area contributed by atoms with Crippen molar-refractivity contribution < 1.29 is 9.53 Å². The maximum absolute atomic E-state index is 12.6. The molecule has 1 N–H and O–H groups in total. The Kier molecular flexibility index (Phi) is 7.74. The fraction of sp³-hybridized carbons (Fsp3) is 0.364. The van der Waals surface area contributed by atoms with E-state index in [4.69, 9.17) is 4.74 Å². The monoisotopic (exact) mass is 441 g/mol. The zero-order valence-electron chi connectivity index (χ0n) is 17.9. The summed E-state index contributed by atoms with van der Waals surface area (Å²) < 4.78 is 7.79. The molecule has 1 aromatic heterocycles. The Bertz CT molecular complexity index is 1100. The topological polar surface area (TPSA) is 108 Å². The van der Waals surface area contributed by atoms with Crippen molar-refractivity contribution in [1.82, 2.24) is 18.6 Å². The van der Waals surface area contributed by atoms with E-state index in [9.17, 15) is 19.2 Å². The number of amides is 1. The summed E-state index contributed by atoms with van der Waals surface area (Å²) in [5.74, 6) is -0.556. The number of aromatic nitrogens is 3.